The molecule has 0 aromatic heterocycles. The molecule has 1 amide bonds. The van der Waals surface area contributed by atoms with E-state index < -0.39 is 0 Å². The summed E-state index contributed by atoms with van der Waals surface area (Å²) in [6.45, 7) is 10.7. The number of carbonyl (C=O) groups is 2. The first-order chi connectivity index (χ1) is 11.3. The van der Waals surface area contributed by atoms with Gasteiger partial charge in [0.1, 0.15) is 0 Å². The predicted molar refractivity (Wildman–Crippen MR) is 97.7 cm³/mol. The molecule has 0 saturated heterocycles. The van der Waals surface area contributed by atoms with E-state index in [0.717, 1.165) is 5.56 Å². The third-order valence-electron chi connectivity index (χ3n) is 3.79. The second-order valence-electron chi connectivity index (χ2n) is 6.34. The van der Waals surface area contributed by atoms with Crippen LogP contribution in [0.25, 0.3) is 6.08 Å². The van der Waals surface area contributed by atoms with Crippen LogP contribution in [0.15, 0.2) is 30.3 Å². The van der Waals surface area contributed by atoms with Crippen molar-refractivity contribution in [1.82, 2.24) is 4.90 Å². The van der Waals surface area contributed by atoms with E-state index in [0.29, 0.717) is 19.1 Å². The Kier molecular flexibility index (Phi) is 8.24. The fraction of sp³-hybridized carbons (Fsp3) is 0.500. The van der Waals surface area contributed by atoms with Crippen LogP contribution in [-0.4, -0.2) is 36.0 Å². The van der Waals surface area contributed by atoms with Crippen molar-refractivity contribution in [3.63, 3.8) is 0 Å². The largest absolute Gasteiger partial charge is 0.466 e. The minimum atomic E-state index is -0.274. The van der Waals surface area contributed by atoms with Crippen molar-refractivity contribution in [1.29, 1.82) is 0 Å². The summed E-state index contributed by atoms with van der Waals surface area (Å²) in [5.74, 6) is 0.121. The normalized spacial score (nSPS) is 11.3. The van der Waals surface area contributed by atoms with Gasteiger partial charge in [-0.1, -0.05) is 38.1 Å². The Morgan fingerprint density at radius 1 is 1.12 bits per heavy atom. The maximum Gasteiger partial charge on any atom is 0.307 e. The molecular formula is C20H29NO3. The van der Waals surface area contributed by atoms with Gasteiger partial charge in [0.2, 0.25) is 5.91 Å². The van der Waals surface area contributed by atoms with Gasteiger partial charge < -0.3 is 9.64 Å². The lowest BCUT2D eigenvalue weighted by atomic mass is 10.0. The van der Waals surface area contributed by atoms with Crippen molar-refractivity contribution in [3.8, 4) is 0 Å². The van der Waals surface area contributed by atoms with Gasteiger partial charge in [-0.3, -0.25) is 9.59 Å². The highest BCUT2D eigenvalue weighted by atomic mass is 16.5. The predicted octanol–water partition coefficient (Wildman–Crippen LogP) is 4.01. The Morgan fingerprint density at radius 2 is 1.75 bits per heavy atom. The number of amides is 1. The lowest BCUT2D eigenvalue weighted by Crippen LogP contribution is -2.37. The van der Waals surface area contributed by atoms with Gasteiger partial charge in [0.15, 0.2) is 0 Å². The van der Waals surface area contributed by atoms with E-state index in [4.69, 9.17) is 4.74 Å². The zero-order valence-corrected chi connectivity index (χ0v) is 15.4. The zero-order chi connectivity index (χ0) is 18.1. The fourth-order valence-electron chi connectivity index (χ4n) is 2.32. The van der Waals surface area contributed by atoms with Gasteiger partial charge >= 0.3 is 5.97 Å². The number of rotatable bonds is 8. The highest BCUT2D eigenvalue weighted by molar-refractivity contribution is 5.92. The number of esters is 1. The second-order valence-corrected chi connectivity index (χ2v) is 6.34. The first-order valence-corrected chi connectivity index (χ1v) is 8.59. The molecule has 0 N–H and O–H groups in total. The maximum atomic E-state index is 12.4. The van der Waals surface area contributed by atoms with Crippen molar-refractivity contribution in [2.75, 3.05) is 13.2 Å². The molecule has 0 bridgehead atoms. The molecule has 132 valence electrons. The van der Waals surface area contributed by atoms with Gasteiger partial charge in [-0.25, -0.2) is 0 Å². The number of carbonyl (C=O) groups excluding carboxylic acids is 2. The standard InChI is InChI=1S/C20H29NO3/c1-6-24-20(23)13-14-21(16(4)5)19(22)12-9-17-7-10-18(11-8-17)15(2)3/h7-12,15-16H,6,13-14H2,1-5H3/b12-9+. The molecule has 0 saturated carbocycles. The Hall–Kier alpha value is -2.10. The molecule has 0 fully saturated rings. The highest BCUT2D eigenvalue weighted by Gasteiger charge is 2.16. The van der Waals surface area contributed by atoms with Crippen molar-refractivity contribution in [2.45, 2.75) is 53.0 Å². The Morgan fingerprint density at radius 3 is 2.25 bits per heavy atom. The van der Waals surface area contributed by atoms with Gasteiger partial charge in [-0.15, -0.1) is 0 Å². The van der Waals surface area contributed by atoms with E-state index in [1.54, 1.807) is 17.9 Å². The lowest BCUT2D eigenvalue weighted by Gasteiger charge is -2.25. The molecule has 1 rings (SSSR count). The van der Waals surface area contributed by atoms with Crippen LogP contribution in [0.1, 0.15) is 58.1 Å². The molecule has 1 aromatic carbocycles. The van der Waals surface area contributed by atoms with E-state index in [1.165, 1.54) is 5.56 Å². The Labute approximate surface area is 145 Å². The summed E-state index contributed by atoms with van der Waals surface area (Å²) in [7, 11) is 0. The summed E-state index contributed by atoms with van der Waals surface area (Å²) in [6.07, 6.45) is 3.59. The second kappa shape index (κ2) is 9.91. The molecule has 0 spiro atoms. The zero-order valence-electron chi connectivity index (χ0n) is 15.4. The van der Waals surface area contributed by atoms with Crippen LogP contribution in [0, 0.1) is 0 Å². The summed E-state index contributed by atoms with van der Waals surface area (Å²) < 4.78 is 4.92. The quantitative estimate of drug-likeness (QED) is 0.534. The van der Waals surface area contributed by atoms with Crippen LogP contribution in [0.3, 0.4) is 0 Å². The molecule has 1 aromatic rings. The Balaban J connectivity index is 2.68. The summed E-state index contributed by atoms with van der Waals surface area (Å²) in [5, 5.41) is 0. The van der Waals surface area contributed by atoms with Crippen LogP contribution >= 0.6 is 0 Å². The van der Waals surface area contributed by atoms with Crippen molar-refractivity contribution >= 4 is 18.0 Å². The van der Waals surface area contributed by atoms with Gasteiger partial charge in [-0.2, -0.15) is 0 Å². The van der Waals surface area contributed by atoms with Crippen LogP contribution in [-0.2, 0) is 14.3 Å². The van der Waals surface area contributed by atoms with Gasteiger partial charge in [0.05, 0.1) is 13.0 Å². The minimum Gasteiger partial charge on any atom is -0.466 e. The molecule has 0 atom stereocenters. The average Bonchev–Trinajstić information content (AvgIpc) is 2.53. The highest BCUT2D eigenvalue weighted by Crippen LogP contribution is 2.15. The molecule has 24 heavy (non-hydrogen) atoms. The summed E-state index contributed by atoms with van der Waals surface area (Å²) in [6, 6.07) is 8.21. The SMILES string of the molecule is CCOC(=O)CCN(C(=O)/C=C/c1ccc(C(C)C)cc1)C(C)C. The molecule has 0 radical (unpaired) electrons. The van der Waals surface area contributed by atoms with Crippen LogP contribution in [0.4, 0.5) is 0 Å². The third kappa shape index (κ3) is 6.57. The van der Waals surface area contributed by atoms with Crippen LogP contribution in [0.5, 0.6) is 0 Å². The number of benzene rings is 1. The molecule has 4 nitrogen and oxygen atoms in total. The molecule has 0 heterocycles. The molecule has 4 heteroatoms. The number of nitrogens with zero attached hydrogens (tertiary/aromatic N) is 1. The van der Waals surface area contributed by atoms with Gasteiger partial charge in [-0.05, 0) is 43.9 Å². The van der Waals surface area contributed by atoms with E-state index in [2.05, 4.69) is 26.0 Å². The summed E-state index contributed by atoms with van der Waals surface area (Å²) >= 11 is 0. The lowest BCUT2D eigenvalue weighted by molar-refractivity contribution is -0.144. The van der Waals surface area contributed by atoms with Crippen molar-refractivity contribution in [3.05, 3.63) is 41.5 Å². The number of hydrogen-bond donors (Lipinski definition) is 0. The molecule has 0 unspecified atom stereocenters. The number of ether oxygens (including phenoxy) is 1. The summed E-state index contributed by atoms with van der Waals surface area (Å²) in [5.41, 5.74) is 2.26. The number of hydrogen-bond acceptors (Lipinski definition) is 3. The van der Waals surface area contributed by atoms with Crippen LogP contribution < -0.4 is 0 Å². The van der Waals surface area contributed by atoms with E-state index in [1.807, 2.05) is 32.1 Å². The first-order valence-electron chi connectivity index (χ1n) is 8.59. The molecule has 0 aliphatic heterocycles. The topological polar surface area (TPSA) is 46.6 Å². The van der Waals surface area contributed by atoms with E-state index in [9.17, 15) is 9.59 Å². The van der Waals surface area contributed by atoms with Gasteiger partial charge in [0.25, 0.3) is 0 Å². The van der Waals surface area contributed by atoms with Crippen molar-refractivity contribution < 1.29 is 14.3 Å². The van der Waals surface area contributed by atoms with E-state index in [-0.39, 0.29) is 24.3 Å². The van der Waals surface area contributed by atoms with E-state index >= 15 is 0 Å². The Bertz CT molecular complexity index is 559. The third-order valence-corrected chi connectivity index (χ3v) is 3.79. The van der Waals surface area contributed by atoms with Crippen LogP contribution in [0.2, 0.25) is 0 Å². The minimum absolute atomic E-state index is 0.0277. The smallest absolute Gasteiger partial charge is 0.307 e. The average molecular weight is 331 g/mol. The van der Waals surface area contributed by atoms with Gasteiger partial charge in [0, 0.05) is 18.7 Å². The molecule has 0 aliphatic carbocycles. The van der Waals surface area contributed by atoms with Crippen molar-refractivity contribution in [2.24, 2.45) is 0 Å². The monoisotopic (exact) mass is 331 g/mol. The first kappa shape index (κ1) is 19.9. The molecule has 0 aliphatic rings. The molecular weight excluding hydrogens is 302 g/mol. The summed E-state index contributed by atoms with van der Waals surface area (Å²) in [4.78, 5) is 25.5. The fourth-order valence-corrected chi connectivity index (χ4v) is 2.32. The maximum absolute atomic E-state index is 12.4.